The number of H-pyrrole nitrogens is 1. The number of anilines is 1. The minimum absolute atomic E-state index is 0.00610. The second-order valence-corrected chi connectivity index (χ2v) is 9.27. The number of hydrogen-bond acceptors (Lipinski definition) is 5. The molecule has 3 rings (SSSR count). The highest BCUT2D eigenvalue weighted by Crippen LogP contribution is 2.18. The summed E-state index contributed by atoms with van der Waals surface area (Å²) < 4.78 is 1.35. The lowest BCUT2D eigenvalue weighted by Crippen LogP contribution is -2.42. The van der Waals surface area contributed by atoms with Crippen molar-refractivity contribution in [1.82, 2.24) is 25.1 Å². The molecule has 0 atom stereocenters. The maximum absolute atomic E-state index is 12.7. The van der Waals surface area contributed by atoms with E-state index in [2.05, 4.69) is 25.7 Å². The zero-order valence-corrected chi connectivity index (χ0v) is 20.7. The van der Waals surface area contributed by atoms with Gasteiger partial charge in [-0.1, -0.05) is 64.7 Å². The molecule has 186 valence electrons. The van der Waals surface area contributed by atoms with Crippen molar-refractivity contribution >= 4 is 17.6 Å². The Kier molecular flexibility index (Phi) is 9.42. The highest BCUT2D eigenvalue weighted by atomic mass is 16.2. The quantitative estimate of drug-likeness (QED) is 0.586. The van der Waals surface area contributed by atoms with E-state index >= 15 is 0 Å². The first-order valence-electron chi connectivity index (χ1n) is 12.7. The maximum atomic E-state index is 12.7. The summed E-state index contributed by atoms with van der Waals surface area (Å²) in [6.07, 6.45) is 13.2. The lowest BCUT2D eigenvalue weighted by atomic mass is 9.98. The number of nitrogens with zero attached hydrogens (tertiary/aromatic N) is 3. The molecule has 3 N–H and O–H groups in total. The van der Waals surface area contributed by atoms with Crippen LogP contribution in [0.25, 0.3) is 5.95 Å². The van der Waals surface area contributed by atoms with Crippen LogP contribution in [0.4, 0.5) is 5.82 Å². The molecular weight excluding hydrogens is 432 g/mol. The van der Waals surface area contributed by atoms with Gasteiger partial charge >= 0.3 is 11.8 Å². The predicted octanol–water partition coefficient (Wildman–Crippen LogP) is 3.86. The molecule has 1 saturated carbocycles. The second kappa shape index (κ2) is 12.5. The lowest BCUT2D eigenvalue weighted by Gasteiger charge is -2.19. The van der Waals surface area contributed by atoms with Crippen LogP contribution in [-0.2, 0) is 16.0 Å². The highest BCUT2D eigenvalue weighted by Gasteiger charge is 2.21. The standard InChI is InChI=1S/C25H38N6O3/c1-4-20-18(3)26-25(29-22(20)32)31-21(16-17(2)30-31)28-24(34)23(33)27-19-14-12-10-8-6-5-7-9-11-13-15-19/h16,19H,4-15H2,1-3H3,(H,27,33)(H,28,34)(H,26,29,32). The predicted molar refractivity (Wildman–Crippen MR) is 132 cm³/mol. The average molecular weight is 471 g/mol. The first kappa shape index (κ1) is 25.6. The van der Waals surface area contributed by atoms with Gasteiger partial charge in [0, 0.05) is 23.4 Å². The van der Waals surface area contributed by atoms with Crippen molar-refractivity contribution in [2.45, 2.75) is 104 Å². The molecule has 34 heavy (non-hydrogen) atoms. The second-order valence-electron chi connectivity index (χ2n) is 9.27. The third-order valence-corrected chi connectivity index (χ3v) is 6.48. The molecule has 1 fully saturated rings. The number of aromatic nitrogens is 4. The Labute approximate surface area is 201 Å². The molecule has 0 aromatic carbocycles. The van der Waals surface area contributed by atoms with Crippen molar-refractivity contribution in [3.8, 4) is 5.95 Å². The summed E-state index contributed by atoms with van der Waals surface area (Å²) in [5, 5.41) is 9.92. The van der Waals surface area contributed by atoms with Gasteiger partial charge in [-0.3, -0.25) is 19.4 Å². The summed E-state index contributed by atoms with van der Waals surface area (Å²) in [7, 11) is 0. The van der Waals surface area contributed by atoms with Crippen LogP contribution in [0, 0.1) is 13.8 Å². The van der Waals surface area contributed by atoms with E-state index in [0.717, 1.165) is 25.7 Å². The fourth-order valence-electron chi connectivity index (χ4n) is 4.59. The van der Waals surface area contributed by atoms with Gasteiger partial charge in [-0.2, -0.15) is 9.78 Å². The molecule has 0 bridgehead atoms. The number of carbonyl (C=O) groups is 2. The molecule has 2 aromatic heterocycles. The molecule has 0 unspecified atom stereocenters. The molecule has 2 aromatic rings. The van der Waals surface area contributed by atoms with E-state index in [4.69, 9.17) is 0 Å². The third kappa shape index (κ3) is 7.01. The molecule has 9 nitrogen and oxygen atoms in total. The fourth-order valence-corrected chi connectivity index (χ4v) is 4.59. The SMILES string of the molecule is CCc1c(C)nc(-n2nc(C)cc2NC(=O)C(=O)NC2CCCCCCCCCCC2)[nH]c1=O. The Balaban J connectivity index is 1.68. The molecule has 0 saturated heterocycles. The zero-order chi connectivity index (χ0) is 24.5. The lowest BCUT2D eigenvalue weighted by molar-refractivity contribution is -0.136. The Morgan fingerprint density at radius 1 is 1.00 bits per heavy atom. The molecule has 0 spiro atoms. The van der Waals surface area contributed by atoms with Crippen LogP contribution in [0.2, 0.25) is 0 Å². The van der Waals surface area contributed by atoms with Crippen LogP contribution in [0.3, 0.4) is 0 Å². The van der Waals surface area contributed by atoms with Gasteiger partial charge in [0.05, 0.1) is 5.69 Å². The van der Waals surface area contributed by atoms with E-state index in [0.29, 0.717) is 23.4 Å². The molecule has 2 amide bonds. The van der Waals surface area contributed by atoms with Gasteiger partial charge in [0.1, 0.15) is 5.82 Å². The van der Waals surface area contributed by atoms with E-state index in [1.807, 2.05) is 6.92 Å². The molecule has 1 aliphatic carbocycles. The van der Waals surface area contributed by atoms with Crippen LogP contribution >= 0.6 is 0 Å². The van der Waals surface area contributed by atoms with Gasteiger partial charge in [0.25, 0.3) is 5.56 Å². The van der Waals surface area contributed by atoms with Gasteiger partial charge in [-0.05, 0) is 33.1 Å². The topological polar surface area (TPSA) is 122 Å². The maximum Gasteiger partial charge on any atom is 0.314 e. The van der Waals surface area contributed by atoms with E-state index in [1.165, 1.54) is 49.6 Å². The number of carbonyl (C=O) groups excluding carboxylic acids is 2. The van der Waals surface area contributed by atoms with Crippen molar-refractivity contribution in [2.24, 2.45) is 0 Å². The summed E-state index contributed by atoms with van der Waals surface area (Å²) in [5.74, 6) is -0.927. The smallest absolute Gasteiger partial charge is 0.314 e. The Hall–Kier alpha value is -2.97. The molecule has 9 heteroatoms. The molecular formula is C25H38N6O3. The fraction of sp³-hybridized carbons (Fsp3) is 0.640. The number of nitrogens with one attached hydrogen (secondary N) is 3. The third-order valence-electron chi connectivity index (χ3n) is 6.48. The van der Waals surface area contributed by atoms with Crippen LogP contribution in [0.1, 0.15) is 94.5 Å². The van der Waals surface area contributed by atoms with E-state index < -0.39 is 11.8 Å². The summed E-state index contributed by atoms with van der Waals surface area (Å²) in [5.41, 5.74) is 1.59. The minimum Gasteiger partial charge on any atom is -0.345 e. The van der Waals surface area contributed by atoms with Gasteiger partial charge in [-0.25, -0.2) is 4.98 Å². The molecule has 0 radical (unpaired) electrons. The van der Waals surface area contributed by atoms with E-state index in [1.54, 1.807) is 19.9 Å². The van der Waals surface area contributed by atoms with Crippen LogP contribution in [-0.4, -0.2) is 37.6 Å². The van der Waals surface area contributed by atoms with Crippen LogP contribution in [0.15, 0.2) is 10.9 Å². The van der Waals surface area contributed by atoms with Crippen LogP contribution < -0.4 is 16.2 Å². The summed E-state index contributed by atoms with van der Waals surface area (Å²) in [6, 6.07) is 1.65. The molecule has 1 aliphatic rings. The first-order chi connectivity index (χ1) is 16.4. The van der Waals surface area contributed by atoms with Crippen molar-refractivity contribution in [1.29, 1.82) is 0 Å². The van der Waals surface area contributed by atoms with Gasteiger partial charge in [-0.15, -0.1) is 0 Å². The van der Waals surface area contributed by atoms with Gasteiger partial charge in [0.15, 0.2) is 0 Å². The monoisotopic (exact) mass is 470 g/mol. The number of amides is 2. The zero-order valence-electron chi connectivity index (χ0n) is 20.7. The minimum atomic E-state index is -0.753. The summed E-state index contributed by atoms with van der Waals surface area (Å²) in [4.78, 5) is 45.0. The largest absolute Gasteiger partial charge is 0.345 e. The highest BCUT2D eigenvalue weighted by molar-refractivity contribution is 6.39. The van der Waals surface area contributed by atoms with Crippen molar-refractivity contribution in [2.75, 3.05) is 5.32 Å². The van der Waals surface area contributed by atoms with Crippen molar-refractivity contribution in [3.05, 3.63) is 33.4 Å². The van der Waals surface area contributed by atoms with Crippen LogP contribution in [0.5, 0.6) is 0 Å². The Morgan fingerprint density at radius 3 is 2.15 bits per heavy atom. The number of aromatic amines is 1. The van der Waals surface area contributed by atoms with Crippen molar-refractivity contribution in [3.63, 3.8) is 0 Å². The van der Waals surface area contributed by atoms with Gasteiger partial charge in [0.2, 0.25) is 5.95 Å². The summed E-state index contributed by atoms with van der Waals surface area (Å²) >= 11 is 0. The average Bonchev–Trinajstić information content (AvgIpc) is 3.15. The number of aryl methyl sites for hydroxylation is 2. The normalized spacial score (nSPS) is 16.3. The van der Waals surface area contributed by atoms with Gasteiger partial charge < -0.3 is 10.6 Å². The summed E-state index contributed by atoms with van der Waals surface area (Å²) in [6.45, 7) is 5.43. The first-order valence-corrected chi connectivity index (χ1v) is 12.7. The Morgan fingerprint density at radius 2 is 1.59 bits per heavy atom. The molecule has 0 aliphatic heterocycles. The number of rotatable bonds is 4. The Bertz CT molecular complexity index is 1030. The molecule has 2 heterocycles. The number of hydrogen-bond donors (Lipinski definition) is 3. The van der Waals surface area contributed by atoms with Crippen molar-refractivity contribution < 1.29 is 9.59 Å². The van der Waals surface area contributed by atoms with E-state index in [9.17, 15) is 14.4 Å². The van der Waals surface area contributed by atoms with E-state index in [-0.39, 0.29) is 23.4 Å².